The number of rotatable bonds is 5. The SMILES string of the molecule is CS(=O)c1cc(CCN)cc(CC(=O)O)c1. The van der Waals surface area contributed by atoms with Gasteiger partial charge in [0, 0.05) is 22.0 Å². The van der Waals surface area contributed by atoms with Crippen LogP contribution in [0.15, 0.2) is 23.1 Å². The van der Waals surface area contributed by atoms with Crippen molar-refractivity contribution in [2.24, 2.45) is 5.73 Å². The van der Waals surface area contributed by atoms with Gasteiger partial charge in [0.25, 0.3) is 0 Å². The molecule has 3 N–H and O–H groups in total. The minimum atomic E-state index is -1.10. The van der Waals surface area contributed by atoms with E-state index in [1.165, 1.54) is 0 Å². The van der Waals surface area contributed by atoms with Crippen molar-refractivity contribution in [1.82, 2.24) is 0 Å². The van der Waals surface area contributed by atoms with Gasteiger partial charge in [0.05, 0.1) is 6.42 Å². The van der Waals surface area contributed by atoms with Crippen molar-refractivity contribution in [3.05, 3.63) is 29.3 Å². The molecule has 1 atom stereocenters. The predicted molar refractivity (Wildman–Crippen MR) is 62.9 cm³/mol. The molecule has 0 aromatic heterocycles. The summed E-state index contributed by atoms with van der Waals surface area (Å²) in [7, 11) is -1.10. The van der Waals surface area contributed by atoms with Crippen molar-refractivity contribution < 1.29 is 14.1 Å². The van der Waals surface area contributed by atoms with E-state index in [-0.39, 0.29) is 6.42 Å². The van der Waals surface area contributed by atoms with Gasteiger partial charge in [-0.2, -0.15) is 0 Å². The van der Waals surface area contributed by atoms with E-state index in [0.717, 1.165) is 5.56 Å². The first-order chi connectivity index (χ1) is 7.52. The lowest BCUT2D eigenvalue weighted by molar-refractivity contribution is -0.136. The van der Waals surface area contributed by atoms with Gasteiger partial charge in [-0.25, -0.2) is 0 Å². The minimum absolute atomic E-state index is 0.0530. The summed E-state index contributed by atoms with van der Waals surface area (Å²) in [5, 5.41) is 8.72. The second-order valence-electron chi connectivity index (χ2n) is 3.55. The number of benzene rings is 1. The topological polar surface area (TPSA) is 80.4 Å². The Labute approximate surface area is 96.9 Å². The molecule has 16 heavy (non-hydrogen) atoms. The lowest BCUT2D eigenvalue weighted by Crippen LogP contribution is -2.06. The van der Waals surface area contributed by atoms with Crippen molar-refractivity contribution in [2.45, 2.75) is 17.7 Å². The van der Waals surface area contributed by atoms with E-state index in [9.17, 15) is 9.00 Å². The van der Waals surface area contributed by atoms with Gasteiger partial charge in [-0.15, -0.1) is 0 Å². The average Bonchev–Trinajstić information content (AvgIpc) is 2.16. The zero-order chi connectivity index (χ0) is 12.1. The van der Waals surface area contributed by atoms with Crippen LogP contribution in [0.4, 0.5) is 0 Å². The van der Waals surface area contributed by atoms with Crippen molar-refractivity contribution >= 4 is 16.8 Å². The number of aliphatic carboxylic acids is 1. The quantitative estimate of drug-likeness (QED) is 0.789. The number of hydrogen-bond acceptors (Lipinski definition) is 3. The minimum Gasteiger partial charge on any atom is -0.481 e. The fourth-order valence-corrected chi connectivity index (χ4v) is 2.12. The van der Waals surface area contributed by atoms with Crippen LogP contribution >= 0.6 is 0 Å². The number of carboxylic acid groups (broad SMARTS) is 1. The summed E-state index contributed by atoms with van der Waals surface area (Å²) < 4.78 is 11.4. The van der Waals surface area contributed by atoms with Crippen LogP contribution in [-0.2, 0) is 28.4 Å². The molecule has 5 heteroatoms. The lowest BCUT2D eigenvalue weighted by Gasteiger charge is -2.06. The largest absolute Gasteiger partial charge is 0.481 e. The highest BCUT2D eigenvalue weighted by Crippen LogP contribution is 2.14. The van der Waals surface area contributed by atoms with Gasteiger partial charge < -0.3 is 10.8 Å². The van der Waals surface area contributed by atoms with Gasteiger partial charge in [0.15, 0.2) is 0 Å². The van der Waals surface area contributed by atoms with E-state index in [1.54, 1.807) is 18.4 Å². The van der Waals surface area contributed by atoms with E-state index < -0.39 is 16.8 Å². The maximum Gasteiger partial charge on any atom is 0.307 e. The molecule has 0 amide bonds. The summed E-state index contributed by atoms with van der Waals surface area (Å²) in [4.78, 5) is 11.3. The third kappa shape index (κ3) is 3.75. The van der Waals surface area contributed by atoms with Gasteiger partial charge in [0.2, 0.25) is 0 Å². The molecule has 0 radical (unpaired) electrons. The molecule has 0 saturated heterocycles. The standard InChI is InChI=1S/C11H15NO3S/c1-16(15)10-5-8(2-3-12)4-9(6-10)7-11(13)14/h4-6H,2-3,7,12H2,1H3,(H,13,14). The molecular weight excluding hydrogens is 226 g/mol. The Balaban J connectivity index is 3.07. The molecular formula is C11H15NO3S. The Kier molecular flexibility index (Phi) is 4.64. The summed E-state index contributed by atoms with van der Waals surface area (Å²) in [6.07, 6.45) is 2.19. The Morgan fingerprint density at radius 1 is 1.38 bits per heavy atom. The Morgan fingerprint density at radius 3 is 2.50 bits per heavy atom. The maximum absolute atomic E-state index is 11.4. The van der Waals surface area contributed by atoms with Crippen LogP contribution in [-0.4, -0.2) is 28.1 Å². The normalized spacial score (nSPS) is 12.4. The molecule has 1 unspecified atom stereocenters. The molecule has 0 heterocycles. The number of carbonyl (C=O) groups is 1. The molecule has 88 valence electrons. The molecule has 1 aromatic rings. The molecule has 0 aliphatic carbocycles. The summed E-state index contributed by atoms with van der Waals surface area (Å²) in [5.41, 5.74) is 7.05. The third-order valence-corrected chi connectivity index (χ3v) is 3.05. The molecule has 0 bridgehead atoms. The number of carboxylic acids is 1. The first-order valence-corrected chi connectivity index (χ1v) is 6.47. The van der Waals surface area contributed by atoms with Gasteiger partial charge in [-0.1, -0.05) is 6.07 Å². The summed E-state index contributed by atoms with van der Waals surface area (Å²) >= 11 is 0. The zero-order valence-electron chi connectivity index (χ0n) is 9.10. The molecule has 4 nitrogen and oxygen atoms in total. The highest BCUT2D eigenvalue weighted by Gasteiger charge is 2.06. The van der Waals surface area contributed by atoms with Crippen molar-refractivity contribution in [1.29, 1.82) is 0 Å². The van der Waals surface area contributed by atoms with Crippen molar-refractivity contribution in [2.75, 3.05) is 12.8 Å². The van der Waals surface area contributed by atoms with Crippen molar-refractivity contribution in [3.8, 4) is 0 Å². The Hall–Kier alpha value is -1.20. The highest BCUT2D eigenvalue weighted by atomic mass is 32.2. The van der Waals surface area contributed by atoms with Crippen LogP contribution in [0, 0.1) is 0 Å². The smallest absolute Gasteiger partial charge is 0.307 e. The third-order valence-electron chi connectivity index (χ3n) is 2.15. The Morgan fingerprint density at radius 2 is 2.00 bits per heavy atom. The van der Waals surface area contributed by atoms with Crippen LogP contribution in [0.1, 0.15) is 11.1 Å². The summed E-state index contributed by atoms with van der Waals surface area (Å²) in [6.45, 7) is 0.492. The van der Waals surface area contributed by atoms with E-state index in [2.05, 4.69) is 0 Å². The van der Waals surface area contributed by atoms with Gasteiger partial charge >= 0.3 is 5.97 Å². The Bertz CT molecular complexity index is 418. The molecule has 0 spiro atoms. The summed E-state index contributed by atoms with van der Waals surface area (Å²) in [6, 6.07) is 5.29. The molecule has 0 fully saturated rings. The summed E-state index contributed by atoms with van der Waals surface area (Å²) in [5.74, 6) is -0.891. The van der Waals surface area contributed by atoms with Crippen LogP contribution in [0.5, 0.6) is 0 Å². The van der Waals surface area contributed by atoms with Gasteiger partial charge in [-0.3, -0.25) is 9.00 Å². The van der Waals surface area contributed by atoms with Crippen LogP contribution in [0.3, 0.4) is 0 Å². The average molecular weight is 241 g/mol. The lowest BCUT2D eigenvalue weighted by atomic mass is 10.1. The van der Waals surface area contributed by atoms with E-state index >= 15 is 0 Å². The van der Waals surface area contributed by atoms with Crippen LogP contribution in [0.25, 0.3) is 0 Å². The van der Waals surface area contributed by atoms with Gasteiger partial charge in [-0.05, 0) is 36.2 Å². The van der Waals surface area contributed by atoms with E-state index in [0.29, 0.717) is 23.4 Å². The van der Waals surface area contributed by atoms with Crippen LogP contribution in [0.2, 0.25) is 0 Å². The van der Waals surface area contributed by atoms with Gasteiger partial charge in [0.1, 0.15) is 0 Å². The van der Waals surface area contributed by atoms with Crippen LogP contribution < -0.4 is 5.73 Å². The second kappa shape index (κ2) is 5.77. The van der Waals surface area contributed by atoms with E-state index in [1.807, 2.05) is 6.07 Å². The molecule has 0 aliphatic rings. The molecule has 0 saturated carbocycles. The molecule has 0 aliphatic heterocycles. The number of nitrogens with two attached hydrogens (primary N) is 1. The fourth-order valence-electron chi connectivity index (χ4n) is 1.48. The first kappa shape index (κ1) is 12.9. The van der Waals surface area contributed by atoms with Crippen molar-refractivity contribution in [3.63, 3.8) is 0 Å². The molecule has 1 aromatic carbocycles. The zero-order valence-corrected chi connectivity index (χ0v) is 9.92. The number of hydrogen-bond donors (Lipinski definition) is 2. The molecule has 1 rings (SSSR count). The maximum atomic E-state index is 11.4. The second-order valence-corrected chi connectivity index (χ2v) is 4.93. The highest BCUT2D eigenvalue weighted by molar-refractivity contribution is 7.84. The first-order valence-electron chi connectivity index (χ1n) is 4.91. The monoisotopic (exact) mass is 241 g/mol. The van der Waals surface area contributed by atoms with E-state index in [4.69, 9.17) is 10.8 Å². The fraction of sp³-hybridized carbons (Fsp3) is 0.364. The predicted octanol–water partition coefficient (Wildman–Crippen LogP) is 0.552.